The molecule has 248 valence electrons. The van der Waals surface area contributed by atoms with Gasteiger partial charge in [-0.15, -0.1) is 5.10 Å². The SMILES string of the molecule is O=C(NCc1ccc(C2OC(CSc3nnnn3-c3ccccc3)CC(c3ccc(CO)cc3)O2)cc1)c1c(F)c(F)c(F)c(F)c1F. The molecule has 1 saturated heterocycles. The molecule has 0 radical (unpaired) electrons. The molecule has 0 bridgehead atoms. The summed E-state index contributed by atoms with van der Waals surface area (Å²) in [4.78, 5) is 12.4. The van der Waals surface area contributed by atoms with E-state index in [2.05, 4.69) is 20.8 Å². The summed E-state index contributed by atoms with van der Waals surface area (Å²) in [7, 11) is 0. The zero-order valence-corrected chi connectivity index (χ0v) is 25.6. The van der Waals surface area contributed by atoms with Gasteiger partial charge in [-0.2, -0.15) is 4.68 Å². The molecule has 15 heteroatoms. The number of hydrogen-bond acceptors (Lipinski definition) is 8. The molecular weight excluding hydrogens is 657 g/mol. The monoisotopic (exact) mass is 683 g/mol. The number of para-hydroxylation sites is 1. The van der Waals surface area contributed by atoms with Crippen LogP contribution in [0.1, 0.15) is 51.4 Å². The molecular formula is C33H26F5N5O4S. The van der Waals surface area contributed by atoms with E-state index in [0.29, 0.717) is 28.5 Å². The molecule has 48 heavy (non-hydrogen) atoms. The number of carbonyl (C=O) groups is 1. The lowest BCUT2D eigenvalue weighted by molar-refractivity contribution is -0.245. The van der Waals surface area contributed by atoms with Crippen molar-refractivity contribution in [1.29, 1.82) is 0 Å². The number of amides is 1. The second-order valence-corrected chi connectivity index (χ2v) is 11.7. The van der Waals surface area contributed by atoms with Crippen molar-refractivity contribution in [2.75, 3.05) is 5.75 Å². The standard InChI is InChI=1S/C33H26F5N5O4S/c34-26-25(27(35)29(37)30(38)28(26)36)31(45)39-15-18-6-12-21(13-7-18)32-46-23(14-24(47-32)20-10-8-19(16-44)9-11-20)17-48-33-40-41-42-43(33)22-4-2-1-3-5-22/h1-13,23-24,32,44H,14-17H2,(H,39,45). The average molecular weight is 684 g/mol. The third-order valence-electron chi connectivity index (χ3n) is 7.60. The van der Waals surface area contributed by atoms with E-state index >= 15 is 0 Å². The summed E-state index contributed by atoms with van der Waals surface area (Å²) >= 11 is 1.42. The summed E-state index contributed by atoms with van der Waals surface area (Å²) in [5, 5.41) is 24.3. The molecule has 1 aliphatic heterocycles. The first-order valence-corrected chi connectivity index (χ1v) is 15.6. The predicted molar refractivity (Wildman–Crippen MR) is 162 cm³/mol. The fraction of sp³-hybridized carbons (Fsp3) is 0.212. The number of hydrogen-bond donors (Lipinski definition) is 2. The van der Waals surface area contributed by atoms with Gasteiger partial charge >= 0.3 is 0 Å². The highest BCUT2D eigenvalue weighted by molar-refractivity contribution is 7.99. The van der Waals surface area contributed by atoms with Gasteiger partial charge < -0.3 is 19.9 Å². The average Bonchev–Trinajstić information content (AvgIpc) is 3.61. The van der Waals surface area contributed by atoms with Crippen molar-refractivity contribution in [2.24, 2.45) is 0 Å². The number of aliphatic hydroxyl groups excluding tert-OH is 1. The van der Waals surface area contributed by atoms with E-state index in [1.807, 2.05) is 54.6 Å². The Morgan fingerprint density at radius 2 is 1.46 bits per heavy atom. The van der Waals surface area contributed by atoms with E-state index in [1.54, 1.807) is 28.9 Å². The molecule has 0 spiro atoms. The van der Waals surface area contributed by atoms with Gasteiger partial charge in [0.1, 0.15) is 5.56 Å². The number of thioether (sulfide) groups is 1. The maximum absolute atomic E-state index is 14.1. The fourth-order valence-corrected chi connectivity index (χ4v) is 5.97. The van der Waals surface area contributed by atoms with Gasteiger partial charge in [-0.05, 0) is 39.2 Å². The number of ether oxygens (including phenoxy) is 2. The number of carbonyl (C=O) groups excluding carboxylic acids is 1. The number of tetrazole rings is 1. The van der Waals surface area contributed by atoms with Crippen molar-refractivity contribution in [3.8, 4) is 5.69 Å². The lowest BCUT2D eigenvalue weighted by Crippen LogP contribution is -2.31. The van der Waals surface area contributed by atoms with Gasteiger partial charge in [-0.3, -0.25) is 4.79 Å². The van der Waals surface area contributed by atoms with Gasteiger partial charge in [0.15, 0.2) is 29.6 Å². The normalized spacial score (nSPS) is 17.8. The van der Waals surface area contributed by atoms with Gasteiger partial charge in [-0.25, -0.2) is 22.0 Å². The molecule has 6 rings (SSSR count). The Labute approximate surface area is 274 Å². The molecule has 3 unspecified atom stereocenters. The van der Waals surface area contributed by atoms with Crippen LogP contribution in [-0.4, -0.2) is 43.1 Å². The van der Waals surface area contributed by atoms with Crippen LogP contribution in [0.4, 0.5) is 22.0 Å². The molecule has 3 atom stereocenters. The van der Waals surface area contributed by atoms with Crippen molar-refractivity contribution in [1.82, 2.24) is 25.5 Å². The van der Waals surface area contributed by atoms with Gasteiger partial charge in [-0.1, -0.05) is 78.5 Å². The van der Waals surface area contributed by atoms with Crippen LogP contribution in [0.15, 0.2) is 84.0 Å². The lowest BCUT2D eigenvalue weighted by Gasteiger charge is -2.36. The number of benzene rings is 4. The Morgan fingerprint density at radius 1 is 0.833 bits per heavy atom. The summed E-state index contributed by atoms with van der Waals surface area (Å²) in [6, 6.07) is 23.4. The minimum atomic E-state index is -2.35. The van der Waals surface area contributed by atoms with E-state index in [4.69, 9.17) is 9.47 Å². The van der Waals surface area contributed by atoms with Crippen LogP contribution in [0, 0.1) is 29.1 Å². The number of aromatic nitrogens is 4. The summed E-state index contributed by atoms with van der Waals surface area (Å²) in [5.74, 6) is -12.2. The van der Waals surface area contributed by atoms with Crippen LogP contribution in [0.3, 0.4) is 0 Å². The molecule has 4 aromatic carbocycles. The van der Waals surface area contributed by atoms with Gasteiger partial charge in [0.05, 0.1) is 24.5 Å². The van der Waals surface area contributed by atoms with Crippen molar-refractivity contribution >= 4 is 17.7 Å². The van der Waals surface area contributed by atoms with E-state index in [-0.39, 0.29) is 25.4 Å². The first kappa shape index (κ1) is 33.2. The quantitative estimate of drug-likeness (QED) is 0.0785. The molecule has 2 N–H and O–H groups in total. The second kappa shape index (κ2) is 14.6. The summed E-state index contributed by atoms with van der Waals surface area (Å²) in [6.07, 6.45) is -0.977. The summed E-state index contributed by atoms with van der Waals surface area (Å²) in [6.45, 7) is -0.360. The minimum Gasteiger partial charge on any atom is -0.392 e. The third kappa shape index (κ3) is 7.08. The summed E-state index contributed by atoms with van der Waals surface area (Å²) < 4.78 is 83.0. The number of nitrogens with zero attached hydrogens (tertiary/aromatic N) is 4. The van der Waals surface area contributed by atoms with E-state index in [0.717, 1.165) is 16.8 Å². The van der Waals surface area contributed by atoms with Crippen molar-refractivity contribution in [3.63, 3.8) is 0 Å². The molecule has 2 heterocycles. The van der Waals surface area contributed by atoms with Crippen LogP contribution in [0.25, 0.3) is 5.69 Å². The van der Waals surface area contributed by atoms with Crippen molar-refractivity contribution < 1.29 is 41.3 Å². The van der Waals surface area contributed by atoms with E-state index in [9.17, 15) is 31.9 Å². The Bertz CT molecular complexity index is 1870. The summed E-state index contributed by atoms with van der Waals surface area (Å²) in [5.41, 5.74) is 1.99. The Hall–Kier alpha value is -4.70. The number of halogens is 5. The third-order valence-corrected chi connectivity index (χ3v) is 8.65. The molecule has 5 aromatic rings. The maximum Gasteiger partial charge on any atom is 0.257 e. The first-order chi connectivity index (χ1) is 23.2. The molecule has 1 amide bonds. The predicted octanol–water partition coefficient (Wildman–Crippen LogP) is 6.12. The van der Waals surface area contributed by atoms with Crippen LogP contribution in [0.5, 0.6) is 0 Å². The van der Waals surface area contributed by atoms with Crippen LogP contribution >= 0.6 is 11.8 Å². The van der Waals surface area contributed by atoms with Crippen LogP contribution in [-0.2, 0) is 22.6 Å². The number of rotatable bonds is 10. The molecule has 1 aliphatic rings. The smallest absolute Gasteiger partial charge is 0.257 e. The van der Waals surface area contributed by atoms with Crippen LogP contribution < -0.4 is 5.32 Å². The molecule has 1 fully saturated rings. The lowest BCUT2D eigenvalue weighted by atomic mass is 10.0. The van der Waals surface area contributed by atoms with Crippen molar-refractivity contribution in [3.05, 3.63) is 136 Å². The van der Waals surface area contributed by atoms with Gasteiger partial charge in [0, 0.05) is 24.3 Å². The van der Waals surface area contributed by atoms with E-state index in [1.165, 1.54) is 11.8 Å². The largest absolute Gasteiger partial charge is 0.392 e. The minimum absolute atomic E-state index is 0.0959. The molecule has 1 aromatic heterocycles. The molecule has 0 saturated carbocycles. The number of nitrogens with one attached hydrogen (secondary N) is 1. The fourth-order valence-electron chi connectivity index (χ4n) is 5.06. The molecule has 9 nitrogen and oxygen atoms in total. The van der Waals surface area contributed by atoms with Crippen molar-refractivity contribution in [2.45, 2.75) is 43.2 Å². The highest BCUT2D eigenvalue weighted by Gasteiger charge is 2.33. The van der Waals surface area contributed by atoms with Crippen LogP contribution in [0.2, 0.25) is 0 Å². The zero-order valence-electron chi connectivity index (χ0n) is 24.8. The molecule has 0 aliphatic carbocycles. The van der Waals surface area contributed by atoms with Gasteiger partial charge in [0.25, 0.3) is 5.91 Å². The zero-order chi connectivity index (χ0) is 33.8. The second-order valence-electron chi connectivity index (χ2n) is 10.7. The first-order valence-electron chi connectivity index (χ1n) is 14.6. The van der Waals surface area contributed by atoms with E-state index < -0.39 is 46.8 Å². The number of aliphatic hydroxyl groups is 1. The Kier molecular flexibility index (Phi) is 10.1. The topological polar surface area (TPSA) is 111 Å². The highest BCUT2D eigenvalue weighted by atomic mass is 32.2. The highest BCUT2D eigenvalue weighted by Crippen LogP contribution is 2.39. The Morgan fingerprint density at radius 3 is 2.12 bits per heavy atom. The Balaban J connectivity index is 1.16. The van der Waals surface area contributed by atoms with Gasteiger partial charge in [0.2, 0.25) is 11.0 Å². The maximum atomic E-state index is 14.1.